The topological polar surface area (TPSA) is 50.8 Å². The lowest BCUT2D eigenvalue weighted by Crippen LogP contribution is -2.47. The Morgan fingerprint density at radius 1 is 1.16 bits per heavy atom. The van der Waals surface area contributed by atoms with Crippen molar-refractivity contribution in [1.82, 2.24) is 10.2 Å². The second-order valence-electron chi connectivity index (χ2n) is 7.12. The Morgan fingerprint density at radius 2 is 1.84 bits per heavy atom. The number of carbonyl (C=O) groups excluding carboxylic acids is 1. The van der Waals surface area contributed by atoms with E-state index >= 15 is 0 Å². The summed E-state index contributed by atoms with van der Waals surface area (Å²) in [7, 11) is 1.59. The second-order valence-corrected chi connectivity index (χ2v) is 7.12. The van der Waals surface area contributed by atoms with Gasteiger partial charge in [0, 0.05) is 12.6 Å². The van der Waals surface area contributed by atoms with Crippen LogP contribution in [0.1, 0.15) is 39.5 Å². The molecule has 0 aromatic heterocycles. The minimum Gasteiger partial charge on any atom is -0.493 e. The molecule has 140 valence electrons. The Hall–Kier alpha value is -1.75. The molecule has 1 aliphatic rings. The number of hydrogen-bond acceptors (Lipinski definition) is 4. The third kappa shape index (κ3) is 6.58. The molecule has 25 heavy (non-hydrogen) atoms. The summed E-state index contributed by atoms with van der Waals surface area (Å²) in [5, 5.41) is 3.05. The molecule has 5 nitrogen and oxygen atoms in total. The molecule has 1 fully saturated rings. The number of methoxy groups -OCH3 is 1. The number of nitrogens with zero attached hydrogens (tertiary/aromatic N) is 1. The number of likely N-dealkylation sites (tertiary alicyclic amines) is 1. The maximum atomic E-state index is 12.2. The molecule has 0 aliphatic carbocycles. The van der Waals surface area contributed by atoms with Gasteiger partial charge in [0.05, 0.1) is 7.11 Å². The number of piperidine rings is 1. The third-order valence-corrected chi connectivity index (χ3v) is 4.61. The van der Waals surface area contributed by atoms with Gasteiger partial charge in [-0.2, -0.15) is 0 Å². The molecule has 1 N–H and O–H groups in total. The monoisotopic (exact) mass is 348 g/mol. The van der Waals surface area contributed by atoms with Gasteiger partial charge < -0.3 is 14.8 Å². The Bertz CT molecular complexity index is 527. The number of ether oxygens (including phenoxy) is 2. The maximum absolute atomic E-state index is 12.2. The molecule has 1 aliphatic heterocycles. The van der Waals surface area contributed by atoms with Crippen LogP contribution in [0.25, 0.3) is 0 Å². The van der Waals surface area contributed by atoms with Crippen molar-refractivity contribution in [3.05, 3.63) is 24.3 Å². The highest BCUT2D eigenvalue weighted by Crippen LogP contribution is 2.25. The Balaban J connectivity index is 1.81. The van der Waals surface area contributed by atoms with Gasteiger partial charge in [0.25, 0.3) is 5.91 Å². The van der Waals surface area contributed by atoms with E-state index < -0.39 is 0 Å². The van der Waals surface area contributed by atoms with Crippen LogP contribution in [0.15, 0.2) is 24.3 Å². The van der Waals surface area contributed by atoms with Crippen molar-refractivity contribution in [2.24, 2.45) is 5.92 Å². The fraction of sp³-hybridized carbons (Fsp3) is 0.650. The molecule has 1 aromatic carbocycles. The van der Waals surface area contributed by atoms with Crippen LogP contribution < -0.4 is 14.8 Å². The first kappa shape index (κ1) is 19.6. The Labute approximate surface area is 151 Å². The maximum Gasteiger partial charge on any atom is 0.257 e. The first-order valence-corrected chi connectivity index (χ1v) is 9.36. The highest BCUT2D eigenvalue weighted by atomic mass is 16.5. The van der Waals surface area contributed by atoms with E-state index in [0.29, 0.717) is 30.0 Å². The summed E-state index contributed by atoms with van der Waals surface area (Å²) in [5.74, 6) is 1.77. The fourth-order valence-electron chi connectivity index (χ4n) is 3.35. The van der Waals surface area contributed by atoms with Gasteiger partial charge in [0.15, 0.2) is 18.1 Å². The van der Waals surface area contributed by atoms with E-state index in [9.17, 15) is 4.79 Å². The van der Waals surface area contributed by atoms with E-state index in [4.69, 9.17) is 9.47 Å². The van der Waals surface area contributed by atoms with Crippen molar-refractivity contribution < 1.29 is 14.3 Å². The highest BCUT2D eigenvalue weighted by Gasteiger charge is 2.22. The quantitative estimate of drug-likeness (QED) is 0.745. The molecule has 0 bridgehead atoms. The summed E-state index contributed by atoms with van der Waals surface area (Å²) >= 11 is 0. The van der Waals surface area contributed by atoms with Gasteiger partial charge in [0.1, 0.15) is 0 Å². The zero-order valence-corrected chi connectivity index (χ0v) is 15.8. The van der Waals surface area contributed by atoms with E-state index in [1.54, 1.807) is 13.2 Å². The number of para-hydroxylation sites is 2. The zero-order valence-electron chi connectivity index (χ0n) is 15.8. The van der Waals surface area contributed by atoms with Crippen molar-refractivity contribution in [2.75, 3.05) is 33.4 Å². The van der Waals surface area contributed by atoms with Crippen molar-refractivity contribution in [2.45, 2.75) is 45.6 Å². The van der Waals surface area contributed by atoms with Crippen molar-refractivity contribution >= 4 is 5.91 Å². The molecule has 0 saturated carbocycles. The second kappa shape index (κ2) is 10.3. The van der Waals surface area contributed by atoms with Crippen LogP contribution in [-0.4, -0.2) is 50.2 Å². The summed E-state index contributed by atoms with van der Waals surface area (Å²) in [6.07, 6.45) is 4.95. The molecular weight excluding hydrogens is 316 g/mol. The Morgan fingerprint density at radius 3 is 2.48 bits per heavy atom. The molecule has 1 atom stereocenters. The largest absolute Gasteiger partial charge is 0.493 e. The van der Waals surface area contributed by atoms with Gasteiger partial charge in [-0.25, -0.2) is 0 Å². The summed E-state index contributed by atoms with van der Waals surface area (Å²) in [5.41, 5.74) is 0. The highest BCUT2D eigenvalue weighted by molar-refractivity contribution is 5.77. The molecular formula is C20H32N2O3. The van der Waals surface area contributed by atoms with Gasteiger partial charge >= 0.3 is 0 Å². The average molecular weight is 348 g/mol. The predicted molar refractivity (Wildman–Crippen MR) is 100 cm³/mol. The Kier molecular flexibility index (Phi) is 8.06. The first-order chi connectivity index (χ1) is 12.1. The van der Waals surface area contributed by atoms with Crippen LogP contribution in [0.5, 0.6) is 11.5 Å². The van der Waals surface area contributed by atoms with Crippen molar-refractivity contribution in [3.63, 3.8) is 0 Å². The lowest BCUT2D eigenvalue weighted by Gasteiger charge is -2.35. The van der Waals surface area contributed by atoms with Gasteiger partial charge in [0.2, 0.25) is 0 Å². The first-order valence-electron chi connectivity index (χ1n) is 9.36. The summed E-state index contributed by atoms with van der Waals surface area (Å²) in [4.78, 5) is 14.7. The van der Waals surface area contributed by atoms with Gasteiger partial charge in [-0.15, -0.1) is 0 Å². The molecule has 1 heterocycles. The van der Waals surface area contributed by atoms with Gasteiger partial charge in [-0.05, 0) is 50.4 Å². The van der Waals surface area contributed by atoms with E-state index in [0.717, 1.165) is 19.5 Å². The number of carbonyl (C=O) groups is 1. The molecule has 0 radical (unpaired) electrons. The number of rotatable bonds is 9. The van der Waals surface area contributed by atoms with Crippen LogP contribution in [-0.2, 0) is 4.79 Å². The normalized spacial score (nSPS) is 16.5. The van der Waals surface area contributed by atoms with E-state index in [2.05, 4.69) is 24.1 Å². The molecule has 1 amide bonds. The van der Waals surface area contributed by atoms with Crippen LogP contribution in [0.3, 0.4) is 0 Å². The molecule has 1 saturated heterocycles. The van der Waals surface area contributed by atoms with Crippen LogP contribution in [0, 0.1) is 5.92 Å². The molecule has 1 aromatic rings. The average Bonchev–Trinajstić information content (AvgIpc) is 2.64. The van der Waals surface area contributed by atoms with E-state index in [-0.39, 0.29) is 12.5 Å². The number of benzene rings is 1. The molecule has 0 spiro atoms. The van der Waals surface area contributed by atoms with Gasteiger partial charge in [-0.1, -0.05) is 32.4 Å². The molecule has 1 unspecified atom stereocenters. The molecule has 2 rings (SSSR count). The standard InChI is InChI=1S/C20H32N2O3/c1-16(2)13-17(22-11-7-4-8-12-22)14-21-20(23)15-25-19-10-6-5-9-18(19)24-3/h5-6,9-10,16-17H,4,7-8,11-15H2,1-3H3,(H,21,23). The number of hydrogen-bond donors (Lipinski definition) is 1. The van der Waals surface area contributed by atoms with Crippen molar-refractivity contribution in [3.8, 4) is 11.5 Å². The smallest absolute Gasteiger partial charge is 0.257 e. The zero-order chi connectivity index (χ0) is 18.1. The van der Waals surface area contributed by atoms with E-state index in [1.165, 1.54) is 19.3 Å². The van der Waals surface area contributed by atoms with E-state index in [1.807, 2.05) is 18.2 Å². The van der Waals surface area contributed by atoms with Gasteiger partial charge in [-0.3, -0.25) is 9.69 Å². The van der Waals surface area contributed by atoms with Crippen LogP contribution in [0.2, 0.25) is 0 Å². The van der Waals surface area contributed by atoms with Crippen molar-refractivity contribution in [1.29, 1.82) is 0 Å². The minimum absolute atomic E-state index is 0.00870. The lowest BCUT2D eigenvalue weighted by molar-refractivity contribution is -0.123. The minimum atomic E-state index is -0.0864. The lowest BCUT2D eigenvalue weighted by atomic mass is 9.99. The molecule has 5 heteroatoms. The third-order valence-electron chi connectivity index (χ3n) is 4.61. The SMILES string of the molecule is COc1ccccc1OCC(=O)NCC(CC(C)C)N1CCCCC1. The fourth-order valence-corrected chi connectivity index (χ4v) is 3.35. The van der Waals surface area contributed by atoms with Crippen LogP contribution >= 0.6 is 0 Å². The van der Waals surface area contributed by atoms with Crippen LogP contribution in [0.4, 0.5) is 0 Å². The summed E-state index contributed by atoms with van der Waals surface area (Å²) < 4.78 is 10.8. The summed E-state index contributed by atoms with van der Waals surface area (Å²) in [6.45, 7) is 7.46. The number of nitrogens with one attached hydrogen (secondary N) is 1. The number of amides is 1. The summed E-state index contributed by atoms with van der Waals surface area (Å²) in [6, 6.07) is 7.78. The predicted octanol–water partition coefficient (Wildman–Crippen LogP) is 3.09.